The first-order valence-corrected chi connectivity index (χ1v) is 5.14. The highest BCUT2D eigenvalue weighted by molar-refractivity contribution is 4.64. The van der Waals surface area contributed by atoms with Crippen LogP contribution in [0.3, 0.4) is 0 Å². The number of nitrogens with two attached hydrogens (primary N) is 1. The van der Waals surface area contributed by atoms with Gasteiger partial charge in [-0.15, -0.1) is 0 Å². The molecule has 0 aromatic carbocycles. The van der Waals surface area contributed by atoms with Crippen LogP contribution in [0, 0.1) is 0 Å². The van der Waals surface area contributed by atoms with Crippen molar-refractivity contribution in [2.45, 2.75) is 45.6 Å². The number of hydrogen-bond donors (Lipinski definition) is 1. The zero-order valence-corrected chi connectivity index (χ0v) is 8.84. The van der Waals surface area contributed by atoms with Crippen molar-refractivity contribution in [2.24, 2.45) is 5.73 Å². The van der Waals surface area contributed by atoms with E-state index in [9.17, 15) is 0 Å². The molecule has 1 atom stereocenters. The second kappa shape index (κ2) is 7.56. The monoisotopic (exact) mass is 172 g/mol. The molecular weight excluding hydrogens is 148 g/mol. The van der Waals surface area contributed by atoms with Crippen LogP contribution >= 0.6 is 0 Å². The van der Waals surface area contributed by atoms with Crippen LogP contribution in [0.5, 0.6) is 0 Å². The summed E-state index contributed by atoms with van der Waals surface area (Å²) in [6.07, 6.45) is 4.90. The minimum absolute atomic E-state index is 0.372. The summed E-state index contributed by atoms with van der Waals surface area (Å²) in [7, 11) is 2.16. The van der Waals surface area contributed by atoms with Gasteiger partial charge in [-0.1, -0.05) is 26.7 Å². The standard InChI is InChI=1S/C10H24N2/c1-4-6-8-12(3)9-10(11)7-5-2/h10H,4-9,11H2,1-3H3. The highest BCUT2D eigenvalue weighted by Gasteiger charge is 2.04. The third-order valence-electron chi connectivity index (χ3n) is 2.10. The lowest BCUT2D eigenvalue weighted by Gasteiger charge is -2.20. The van der Waals surface area contributed by atoms with Crippen LogP contribution in [-0.2, 0) is 0 Å². The lowest BCUT2D eigenvalue weighted by Crippen LogP contribution is -2.35. The van der Waals surface area contributed by atoms with Crippen LogP contribution in [0.1, 0.15) is 39.5 Å². The normalized spacial score (nSPS) is 13.8. The van der Waals surface area contributed by atoms with Gasteiger partial charge in [0, 0.05) is 12.6 Å². The van der Waals surface area contributed by atoms with Crippen molar-refractivity contribution >= 4 is 0 Å². The fraction of sp³-hybridized carbons (Fsp3) is 1.00. The smallest absolute Gasteiger partial charge is 0.0167 e. The molecule has 0 bridgehead atoms. The van der Waals surface area contributed by atoms with Crippen LogP contribution in [0.4, 0.5) is 0 Å². The molecule has 0 fully saturated rings. The Morgan fingerprint density at radius 2 is 1.92 bits per heavy atom. The molecule has 0 spiro atoms. The van der Waals surface area contributed by atoms with E-state index < -0.39 is 0 Å². The molecule has 0 saturated carbocycles. The third-order valence-corrected chi connectivity index (χ3v) is 2.10. The summed E-state index contributed by atoms with van der Waals surface area (Å²) in [5.74, 6) is 0. The Balaban J connectivity index is 3.33. The minimum Gasteiger partial charge on any atom is -0.327 e. The van der Waals surface area contributed by atoms with E-state index in [0.29, 0.717) is 6.04 Å². The van der Waals surface area contributed by atoms with E-state index in [1.54, 1.807) is 0 Å². The molecule has 0 heterocycles. The van der Waals surface area contributed by atoms with Crippen LogP contribution in [-0.4, -0.2) is 31.1 Å². The van der Waals surface area contributed by atoms with Crippen molar-refractivity contribution in [2.75, 3.05) is 20.1 Å². The molecule has 0 amide bonds. The van der Waals surface area contributed by atoms with Gasteiger partial charge >= 0.3 is 0 Å². The molecule has 0 saturated heterocycles. The first-order valence-electron chi connectivity index (χ1n) is 5.14. The summed E-state index contributed by atoms with van der Waals surface area (Å²) in [5.41, 5.74) is 5.92. The lowest BCUT2D eigenvalue weighted by molar-refractivity contribution is 0.299. The van der Waals surface area contributed by atoms with Gasteiger partial charge in [0.2, 0.25) is 0 Å². The zero-order chi connectivity index (χ0) is 9.40. The van der Waals surface area contributed by atoms with Gasteiger partial charge < -0.3 is 10.6 Å². The van der Waals surface area contributed by atoms with Gasteiger partial charge in [0.15, 0.2) is 0 Å². The Bertz CT molecular complexity index is 93.8. The van der Waals surface area contributed by atoms with Crippen molar-refractivity contribution in [1.29, 1.82) is 0 Å². The van der Waals surface area contributed by atoms with Gasteiger partial charge in [-0.2, -0.15) is 0 Å². The van der Waals surface area contributed by atoms with Gasteiger partial charge in [0.1, 0.15) is 0 Å². The van der Waals surface area contributed by atoms with Crippen LogP contribution in [0.2, 0.25) is 0 Å². The van der Waals surface area contributed by atoms with E-state index in [1.807, 2.05) is 0 Å². The van der Waals surface area contributed by atoms with Gasteiger partial charge in [-0.05, 0) is 26.4 Å². The van der Waals surface area contributed by atoms with Crippen LogP contribution in [0.15, 0.2) is 0 Å². The maximum absolute atomic E-state index is 5.92. The predicted molar refractivity (Wildman–Crippen MR) is 55.3 cm³/mol. The fourth-order valence-corrected chi connectivity index (χ4v) is 1.38. The van der Waals surface area contributed by atoms with E-state index in [2.05, 4.69) is 25.8 Å². The van der Waals surface area contributed by atoms with E-state index >= 15 is 0 Å². The Morgan fingerprint density at radius 1 is 1.25 bits per heavy atom. The van der Waals surface area contributed by atoms with Gasteiger partial charge in [0.25, 0.3) is 0 Å². The highest BCUT2D eigenvalue weighted by atomic mass is 15.1. The second-order valence-electron chi connectivity index (χ2n) is 3.66. The Labute approximate surface area is 77.1 Å². The molecule has 0 aliphatic heterocycles. The summed E-state index contributed by atoms with van der Waals surface area (Å²) >= 11 is 0. The van der Waals surface area contributed by atoms with E-state index in [0.717, 1.165) is 13.0 Å². The number of likely N-dealkylation sites (N-methyl/N-ethyl adjacent to an activating group) is 1. The van der Waals surface area contributed by atoms with Crippen LogP contribution < -0.4 is 5.73 Å². The summed E-state index contributed by atoms with van der Waals surface area (Å²) in [6.45, 7) is 6.65. The van der Waals surface area contributed by atoms with Gasteiger partial charge in [-0.25, -0.2) is 0 Å². The molecule has 0 aliphatic rings. The summed E-state index contributed by atoms with van der Waals surface area (Å²) in [6, 6.07) is 0.372. The van der Waals surface area contributed by atoms with Gasteiger partial charge in [0.05, 0.1) is 0 Å². The molecular formula is C10H24N2. The lowest BCUT2D eigenvalue weighted by atomic mass is 10.1. The molecule has 0 aliphatic carbocycles. The highest BCUT2D eigenvalue weighted by Crippen LogP contribution is 1.97. The summed E-state index contributed by atoms with van der Waals surface area (Å²) in [4.78, 5) is 2.34. The van der Waals surface area contributed by atoms with Crippen molar-refractivity contribution in [3.63, 3.8) is 0 Å². The molecule has 74 valence electrons. The maximum Gasteiger partial charge on any atom is 0.0167 e. The van der Waals surface area contributed by atoms with Gasteiger partial charge in [-0.3, -0.25) is 0 Å². The average Bonchev–Trinajstić information content (AvgIpc) is 2.01. The predicted octanol–water partition coefficient (Wildman–Crippen LogP) is 1.85. The molecule has 0 aromatic rings. The SMILES string of the molecule is CCCCN(C)CC(N)CCC. The first-order chi connectivity index (χ1) is 5.70. The minimum atomic E-state index is 0.372. The summed E-state index contributed by atoms with van der Waals surface area (Å²) < 4.78 is 0. The van der Waals surface area contributed by atoms with Crippen molar-refractivity contribution < 1.29 is 0 Å². The second-order valence-corrected chi connectivity index (χ2v) is 3.66. The van der Waals surface area contributed by atoms with Crippen LogP contribution in [0.25, 0.3) is 0 Å². The molecule has 12 heavy (non-hydrogen) atoms. The Kier molecular flexibility index (Phi) is 7.51. The van der Waals surface area contributed by atoms with Crippen molar-refractivity contribution in [1.82, 2.24) is 4.90 Å². The Morgan fingerprint density at radius 3 is 2.42 bits per heavy atom. The molecule has 0 radical (unpaired) electrons. The van der Waals surface area contributed by atoms with E-state index in [1.165, 1.54) is 25.8 Å². The first kappa shape index (κ1) is 11.9. The van der Waals surface area contributed by atoms with E-state index in [-0.39, 0.29) is 0 Å². The zero-order valence-electron chi connectivity index (χ0n) is 8.84. The number of rotatable bonds is 7. The molecule has 1 unspecified atom stereocenters. The van der Waals surface area contributed by atoms with E-state index in [4.69, 9.17) is 5.73 Å². The van der Waals surface area contributed by atoms with Crippen molar-refractivity contribution in [3.8, 4) is 0 Å². The third kappa shape index (κ3) is 6.62. The molecule has 2 N–H and O–H groups in total. The molecule has 0 aromatic heterocycles. The molecule has 0 rings (SSSR count). The maximum atomic E-state index is 5.92. The number of unbranched alkanes of at least 4 members (excludes halogenated alkanes) is 1. The summed E-state index contributed by atoms with van der Waals surface area (Å²) in [5, 5.41) is 0. The largest absolute Gasteiger partial charge is 0.327 e. The number of hydrogen-bond acceptors (Lipinski definition) is 2. The topological polar surface area (TPSA) is 29.3 Å². The molecule has 2 nitrogen and oxygen atoms in total. The fourth-order valence-electron chi connectivity index (χ4n) is 1.38. The molecule has 2 heteroatoms. The quantitative estimate of drug-likeness (QED) is 0.635. The average molecular weight is 172 g/mol. The number of nitrogens with zero attached hydrogens (tertiary/aromatic N) is 1. The Hall–Kier alpha value is -0.0800. The van der Waals surface area contributed by atoms with Crippen molar-refractivity contribution in [3.05, 3.63) is 0 Å².